The molecular formula is C30H40O5. The molecule has 0 unspecified atom stereocenters. The van der Waals surface area contributed by atoms with Gasteiger partial charge in [0.15, 0.2) is 5.60 Å². The summed E-state index contributed by atoms with van der Waals surface area (Å²) in [5.41, 5.74) is 0.0495. The number of carbonyl (C=O) groups is 3. The van der Waals surface area contributed by atoms with Crippen LogP contribution in [-0.4, -0.2) is 35.4 Å². The molecule has 0 bridgehead atoms. The normalized spacial score (nSPS) is 48.9. The highest BCUT2D eigenvalue weighted by Crippen LogP contribution is 2.75. The molecular weight excluding hydrogens is 440 g/mol. The van der Waals surface area contributed by atoms with Gasteiger partial charge in [-0.1, -0.05) is 45.4 Å². The van der Waals surface area contributed by atoms with Crippen molar-refractivity contribution in [3.63, 3.8) is 0 Å². The minimum Gasteiger partial charge on any atom is -0.469 e. The molecule has 0 amide bonds. The summed E-state index contributed by atoms with van der Waals surface area (Å²) >= 11 is 0. The number of hydrogen-bond acceptors (Lipinski definition) is 5. The van der Waals surface area contributed by atoms with Crippen molar-refractivity contribution in [2.75, 3.05) is 7.11 Å². The lowest BCUT2D eigenvalue weighted by molar-refractivity contribution is -0.180. The van der Waals surface area contributed by atoms with Gasteiger partial charge in [0.1, 0.15) is 0 Å². The largest absolute Gasteiger partial charge is 0.469 e. The smallest absolute Gasteiger partial charge is 0.311 e. The van der Waals surface area contributed by atoms with Gasteiger partial charge in [-0.3, -0.25) is 14.4 Å². The fourth-order valence-corrected chi connectivity index (χ4v) is 9.03. The Bertz CT molecular complexity index is 1140. The number of fused-ring (bicyclic) bond motifs is 7. The van der Waals surface area contributed by atoms with E-state index in [1.54, 1.807) is 0 Å². The van der Waals surface area contributed by atoms with Crippen molar-refractivity contribution in [3.05, 3.63) is 34.9 Å². The van der Waals surface area contributed by atoms with Crippen LogP contribution in [0, 0.1) is 33.0 Å². The van der Waals surface area contributed by atoms with Gasteiger partial charge in [0.2, 0.25) is 11.6 Å². The number of rotatable bonds is 1. The Morgan fingerprint density at radius 2 is 1.57 bits per heavy atom. The van der Waals surface area contributed by atoms with Crippen molar-refractivity contribution < 1.29 is 24.2 Å². The maximum atomic E-state index is 12.8. The van der Waals surface area contributed by atoms with Crippen LogP contribution in [0.1, 0.15) is 86.5 Å². The summed E-state index contributed by atoms with van der Waals surface area (Å²) in [6, 6.07) is 0. The quantitative estimate of drug-likeness (QED) is 0.408. The van der Waals surface area contributed by atoms with E-state index in [0.717, 1.165) is 50.5 Å². The number of Topliss-reactive ketones (excluding diaryl/α,β-unsaturated/α-hetero) is 1. The third kappa shape index (κ3) is 2.88. The number of aliphatic hydroxyl groups is 1. The molecule has 7 atom stereocenters. The highest BCUT2D eigenvalue weighted by molar-refractivity contribution is 6.46. The molecule has 1 N–H and O–H groups in total. The first-order chi connectivity index (χ1) is 16.1. The molecule has 5 aliphatic rings. The lowest BCUT2D eigenvalue weighted by atomic mass is 9.34. The predicted octanol–water partition coefficient (Wildman–Crippen LogP) is 5.27. The zero-order valence-corrected chi connectivity index (χ0v) is 22.3. The van der Waals surface area contributed by atoms with Crippen molar-refractivity contribution in [1.82, 2.24) is 0 Å². The standard InChI is InChI=1S/C30H40O5/c1-25-10-11-26(2,24(33)35-7)17-22(25)29(5)15-13-27(3)19-16-20(31)23(32)30(6,34)18(19)8-9-21(27)28(29,4)14-12-25/h8-9,16,22,34H,10-15,17H2,1-7H3/t22-,25-,26-,27+,28-,29+,30+/m1/s1. The number of hydrogen-bond donors (Lipinski definition) is 1. The summed E-state index contributed by atoms with van der Waals surface area (Å²) in [4.78, 5) is 38.0. The molecule has 0 aliphatic heterocycles. The predicted molar refractivity (Wildman–Crippen MR) is 133 cm³/mol. The first-order valence-electron chi connectivity index (χ1n) is 13.1. The fourth-order valence-electron chi connectivity index (χ4n) is 9.03. The van der Waals surface area contributed by atoms with Crippen molar-refractivity contribution in [1.29, 1.82) is 0 Å². The van der Waals surface area contributed by atoms with Gasteiger partial charge >= 0.3 is 5.97 Å². The maximum Gasteiger partial charge on any atom is 0.311 e. The molecule has 5 aliphatic carbocycles. The SMILES string of the molecule is COC(=O)[C@]1(C)CC[C@]2(C)CC[C@]3(C)C4=CC=C5C(=CC(=O)C(=O)[C@@]5(C)O)[C@]4(C)CC[C@@]3(C)[C@@H]2C1. The minimum atomic E-state index is -1.79. The van der Waals surface area contributed by atoms with Crippen molar-refractivity contribution in [3.8, 4) is 0 Å². The van der Waals surface area contributed by atoms with Crippen LogP contribution < -0.4 is 0 Å². The molecule has 35 heavy (non-hydrogen) atoms. The van der Waals surface area contributed by atoms with Crippen LogP contribution in [0.25, 0.3) is 0 Å². The third-order valence-electron chi connectivity index (χ3n) is 11.7. The highest BCUT2D eigenvalue weighted by Gasteiger charge is 2.68. The van der Waals surface area contributed by atoms with Gasteiger partial charge in [0.25, 0.3) is 0 Å². The summed E-state index contributed by atoms with van der Waals surface area (Å²) in [5, 5.41) is 11.0. The number of methoxy groups -OCH3 is 1. The molecule has 3 saturated carbocycles. The first kappa shape index (κ1) is 24.7. The van der Waals surface area contributed by atoms with Gasteiger partial charge in [-0.05, 0) is 98.2 Å². The summed E-state index contributed by atoms with van der Waals surface area (Å²) in [6.45, 7) is 12.9. The number of ether oxygens (including phenoxy) is 1. The van der Waals surface area contributed by atoms with Gasteiger partial charge in [-0.2, -0.15) is 0 Å². The Hall–Kier alpha value is -2.01. The molecule has 0 saturated heterocycles. The number of carbonyl (C=O) groups excluding carboxylic acids is 3. The maximum absolute atomic E-state index is 12.8. The van der Waals surface area contributed by atoms with E-state index in [9.17, 15) is 19.5 Å². The Labute approximate surface area is 209 Å². The van der Waals surface area contributed by atoms with Crippen LogP contribution in [0.4, 0.5) is 0 Å². The van der Waals surface area contributed by atoms with Crippen LogP contribution in [0.2, 0.25) is 0 Å². The van der Waals surface area contributed by atoms with Crippen molar-refractivity contribution >= 4 is 17.5 Å². The monoisotopic (exact) mass is 480 g/mol. The zero-order valence-electron chi connectivity index (χ0n) is 22.3. The molecule has 0 aromatic carbocycles. The molecule has 0 heterocycles. The molecule has 3 fully saturated rings. The number of ketones is 2. The average molecular weight is 481 g/mol. The summed E-state index contributed by atoms with van der Waals surface area (Å²) in [6.07, 6.45) is 12.2. The van der Waals surface area contributed by atoms with E-state index in [0.29, 0.717) is 11.5 Å². The number of allylic oxidation sites excluding steroid dienone is 4. The van der Waals surface area contributed by atoms with E-state index in [2.05, 4.69) is 40.7 Å². The molecule has 5 rings (SSSR count). The van der Waals surface area contributed by atoms with Gasteiger partial charge in [-0.25, -0.2) is 0 Å². The van der Waals surface area contributed by atoms with Crippen LogP contribution >= 0.6 is 0 Å². The van der Waals surface area contributed by atoms with Crippen LogP contribution in [0.3, 0.4) is 0 Å². The van der Waals surface area contributed by atoms with Gasteiger partial charge < -0.3 is 9.84 Å². The Balaban J connectivity index is 1.64. The summed E-state index contributed by atoms with van der Waals surface area (Å²) < 4.78 is 5.25. The number of esters is 1. The molecule has 5 nitrogen and oxygen atoms in total. The van der Waals surface area contributed by atoms with Crippen LogP contribution in [0.5, 0.6) is 0 Å². The van der Waals surface area contributed by atoms with Crippen LogP contribution in [0.15, 0.2) is 34.9 Å². The lowest BCUT2D eigenvalue weighted by Gasteiger charge is -2.70. The molecule has 0 aromatic heterocycles. The van der Waals surface area contributed by atoms with Crippen molar-refractivity contribution in [2.24, 2.45) is 33.0 Å². The molecule has 0 spiro atoms. The van der Waals surface area contributed by atoms with Gasteiger partial charge in [0, 0.05) is 5.41 Å². The minimum absolute atomic E-state index is 0.0238. The second-order valence-electron chi connectivity index (χ2n) is 13.5. The average Bonchev–Trinajstić information content (AvgIpc) is 2.80. The molecule has 5 heteroatoms. The Kier molecular flexibility index (Phi) is 4.97. The third-order valence-corrected chi connectivity index (χ3v) is 11.7. The van der Waals surface area contributed by atoms with E-state index < -0.39 is 28.0 Å². The zero-order chi connectivity index (χ0) is 25.8. The van der Waals surface area contributed by atoms with E-state index in [4.69, 9.17) is 4.74 Å². The molecule has 0 radical (unpaired) electrons. The van der Waals surface area contributed by atoms with E-state index >= 15 is 0 Å². The first-order valence-corrected chi connectivity index (χ1v) is 13.1. The fraction of sp³-hybridized carbons (Fsp3) is 0.700. The Morgan fingerprint density at radius 3 is 2.23 bits per heavy atom. The summed E-state index contributed by atoms with van der Waals surface area (Å²) in [5.74, 6) is -1.09. The Morgan fingerprint density at radius 1 is 0.914 bits per heavy atom. The van der Waals surface area contributed by atoms with Gasteiger partial charge in [-0.15, -0.1) is 0 Å². The topological polar surface area (TPSA) is 80.7 Å². The van der Waals surface area contributed by atoms with E-state index in [1.165, 1.54) is 25.7 Å². The second kappa shape index (κ2) is 7.06. The lowest BCUT2D eigenvalue weighted by Crippen LogP contribution is -2.62. The second-order valence-corrected chi connectivity index (χ2v) is 13.5. The van der Waals surface area contributed by atoms with E-state index in [-0.39, 0.29) is 22.2 Å². The van der Waals surface area contributed by atoms with Gasteiger partial charge in [0.05, 0.1) is 12.5 Å². The highest BCUT2D eigenvalue weighted by atomic mass is 16.5. The summed E-state index contributed by atoms with van der Waals surface area (Å²) in [7, 11) is 1.50. The van der Waals surface area contributed by atoms with Crippen molar-refractivity contribution in [2.45, 2.75) is 92.1 Å². The molecule has 0 aromatic rings. The molecule has 190 valence electrons. The van der Waals surface area contributed by atoms with Crippen LogP contribution in [-0.2, 0) is 19.1 Å². The van der Waals surface area contributed by atoms with E-state index in [1.807, 2.05) is 6.08 Å².